The molecule has 0 aromatic heterocycles. The lowest BCUT2D eigenvalue weighted by molar-refractivity contribution is -0.121. The quantitative estimate of drug-likeness (QED) is 0.904. The number of sulfonamides is 1. The van der Waals surface area contributed by atoms with Gasteiger partial charge in [0.25, 0.3) is 10.0 Å². The standard InChI is InChI=1S/C18H19NO4S/c1-13-5-3-6-14(11-13)18(9-10-18)17(20)19-24(21,22)16-8-4-7-15(12-16)23-2/h3-8,11-12H,9-10H2,1-2H3,(H,19,20). The fourth-order valence-corrected chi connectivity index (χ4v) is 3.85. The number of hydrogen-bond acceptors (Lipinski definition) is 4. The lowest BCUT2D eigenvalue weighted by Crippen LogP contribution is -2.38. The van der Waals surface area contributed by atoms with Crippen molar-refractivity contribution in [2.75, 3.05) is 7.11 Å². The van der Waals surface area contributed by atoms with E-state index >= 15 is 0 Å². The molecular formula is C18H19NO4S. The first-order valence-electron chi connectivity index (χ1n) is 7.66. The van der Waals surface area contributed by atoms with Crippen LogP contribution < -0.4 is 9.46 Å². The third-order valence-corrected chi connectivity index (χ3v) is 5.66. The molecule has 0 atom stereocenters. The zero-order valence-corrected chi connectivity index (χ0v) is 14.4. The highest BCUT2D eigenvalue weighted by Gasteiger charge is 2.52. The summed E-state index contributed by atoms with van der Waals surface area (Å²) in [5.74, 6) is -0.0546. The van der Waals surface area contributed by atoms with Crippen molar-refractivity contribution in [3.63, 3.8) is 0 Å². The molecule has 5 nitrogen and oxygen atoms in total. The van der Waals surface area contributed by atoms with Gasteiger partial charge in [-0.15, -0.1) is 0 Å². The van der Waals surface area contributed by atoms with Crippen molar-refractivity contribution in [3.8, 4) is 5.75 Å². The fraction of sp³-hybridized carbons (Fsp3) is 0.278. The summed E-state index contributed by atoms with van der Waals surface area (Å²) >= 11 is 0. The number of carbonyl (C=O) groups is 1. The lowest BCUT2D eigenvalue weighted by Gasteiger charge is -2.16. The van der Waals surface area contributed by atoms with Gasteiger partial charge < -0.3 is 4.74 Å². The van der Waals surface area contributed by atoms with Crippen molar-refractivity contribution in [1.29, 1.82) is 0 Å². The zero-order chi connectivity index (χ0) is 17.4. The Hall–Kier alpha value is -2.34. The van der Waals surface area contributed by atoms with Crippen LogP contribution in [0, 0.1) is 6.92 Å². The molecular weight excluding hydrogens is 326 g/mol. The van der Waals surface area contributed by atoms with Gasteiger partial charge in [-0.3, -0.25) is 4.79 Å². The summed E-state index contributed by atoms with van der Waals surface area (Å²) in [5.41, 5.74) is 1.17. The van der Waals surface area contributed by atoms with E-state index in [-0.39, 0.29) is 4.90 Å². The Morgan fingerprint density at radius 1 is 1.12 bits per heavy atom. The van der Waals surface area contributed by atoms with Crippen LogP contribution in [0.3, 0.4) is 0 Å². The molecule has 0 heterocycles. The van der Waals surface area contributed by atoms with Gasteiger partial charge in [0.15, 0.2) is 0 Å². The number of carbonyl (C=O) groups excluding carboxylic acids is 1. The number of hydrogen-bond donors (Lipinski definition) is 1. The fourth-order valence-electron chi connectivity index (χ4n) is 2.76. The van der Waals surface area contributed by atoms with E-state index in [1.54, 1.807) is 12.1 Å². The van der Waals surface area contributed by atoms with Gasteiger partial charge in [-0.2, -0.15) is 0 Å². The van der Waals surface area contributed by atoms with Gasteiger partial charge in [0.2, 0.25) is 5.91 Å². The Morgan fingerprint density at radius 2 is 1.83 bits per heavy atom. The molecule has 2 aromatic rings. The van der Waals surface area contributed by atoms with Gasteiger partial charge in [0, 0.05) is 6.07 Å². The second-order valence-electron chi connectivity index (χ2n) is 6.07. The minimum Gasteiger partial charge on any atom is -0.497 e. The molecule has 1 saturated carbocycles. The minimum absolute atomic E-state index is 0.00948. The molecule has 1 aliphatic carbocycles. The van der Waals surface area contributed by atoms with Crippen LogP contribution in [0.5, 0.6) is 5.75 Å². The van der Waals surface area contributed by atoms with E-state index in [4.69, 9.17) is 4.74 Å². The predicted molar refractivity (Wildman–Crippen MR) is 90.4 cm³/mol. The van der Waals surface area contributed by atoms with Crippen LogP contribution in [-0.4, -0.2) is 21.4 Å². The number of ether oxygens (including phenoxy) is 1. The van der Waals surface area contributed by atoms with E-state index in [0.717, 1.165) is 11.1 Å². The van der Waals surface area contributed by atoms with Crippen LogP contribution >= 0.6 is 0 Å². The Kier molecular flexibility index (Phi) is 4.09. The molecule has 6 heteroatoms. The molecule has 0 radical (unpaired) electrons. The summed E-state index contributed by atoms with van der Waals surface area (Å²) in [7, 11) is -2.47. The first-order chi connectivity index (χ1) is 11.4. The Morgan fingerprint density at radius 3 is 2.46 bits per heavy atom. The predicted octanol–water partition coefficient (Wildman–Crippen LogP) is 2.54. The molecule has 3 rings (SSSR count). The zero-order valence-electron chi connectivity index (χ0n) is 13.6. The Labute approximate surface area is 141 Å². The first-order valence-corrected chi connectivity index (χ1v) is 9.14. The molecule has 0 unspecified atom stereocenters. The van der Waals surface area contributed by atoms with E-state index in [1.165, 1.54) is 19.2 Å². The minimum atomic E-state index is -3.93. The van der Waals surface area contributed by atoms with Crippen LogP contribution in [0.2, 0.25) is 0 Å². The number of rotatable bonds is 5. The topological polar surface area (TPSA) is 72.5 Å². The number of methoxy groups -OCH3 is 1. The summed E-state index contributed by atoms with van der Waals surface area (Å²) in [5, 5.41) is 0. The van der Waals surface area contributed by atoms with Gasteiger partial charge in [0.1, 0.15) is 5.75 Å². The highest BCUT2D eigenvalue weighted by atomic mass is 32.2. The lowest BCUT2D eigenvalue weighted by atomic mass is 9.94. The summed E-state index contributed by atoms with van der Waals surface area (Å²) < 4.78 is 32.3. The molecule has 2 aromatic carbocycles. The SMILES string of the molecule is COc1cccc(S(=O)(=O)NC(=O)C2(c3cccc(C)c3)CC2)c1. The monoisotopic (exact) mass is 345 g/mol. The van der Waals surface area contributed by atoms with Gasteiger partial charge in [-0.25, -0.2) is 13.1 Å². The third kappa shape index (κ3) is 3.01. The summed E-state index contributed by atoms with van der Waals surface area (Å²) in [6.07, 6.45) is 1.30. The number of amides is 1. The van der Waals surface area contributed by atoms with Crippen LogP contribution in [0.1, 0.15) is 24.0 Å². The maximum Gasteiger partial charge on any atom is 0.264 e. The summed E-state index contributed by atoms with van der Waals surface area (Å²) in [6.45, 7) is 1.95. The van der Waals surface area contributed by atoms with Crippen molar-refractivity contribution in [2.24, 2.45) is 0 Å². The normalized spacial score (nSPS) is 15.6. The second kappa shape index (κ2) is 5.94. The van der Waals surface area contributed by atoms with E-state index in [1.807, 2.05) is 31.2 Å². The maximum absolute atomic E-state index is 12.7. The van der Waals surface area contributed by atoms with Crippen molar-refractivity contribution in [3.05, 3.63) is 59.7 Å². The van der Waals surface area contributed by atoms with E-state index in [0.29, 0.717) is 18.6 Å². The molecule has 0 aliphatic heterocycles. The summed E-state index contributed by atoms with van der Waals surface area (Å²) in [4.78, 5) is 12.7. The van der Waals surface area contributed by atoms with Crippen LogP contribution in [0.25, 0.3) is 0 Å². The molecule has 24 heavy (non-hydrogen) atoms. The molecule has 0 saturated heterocycles. The third-order valence-electron chi connectivity index (χ3n) is 4.33. The molecule has 0 bridgehead atoms. The van der Waals surface area contributed by atoms with Gasteiger partial charge in [0.05, 0.1) is 17.4 Å². The maximum atomic E-state index is 12.7. The highest BCUT2D eigenvalue weighted by molar-refractivity contribution is 7.90. The van der Waals surface area contributed by atoms with E-state index in [2.05, 4.69) is 4.72 Å². The highest BCUT2D eigenvalue weighted by Crippen LogP contribution is 2.48. The number of aryl methyl sites for hydroxylation is 1. The molecule has 1 fully saturated rings. The van der Waals surface area contributed by atoms with Gasteiger partial charge >= 0.3 is 0 Å². The molecule has 0 spiro atoms. The average Bonchev–Trinajstić information content (AvgIpc) is 3.36. The smallest absolute Gasteiger partial charge is 0.264 e. The van der Waals surface area contributed by atoms with Crippen LogP contribution in [-0.2, 0) is 20.2 Å². The van der Waals surface area contributed by atoms with Crippen LogP contribution in [0.15, 0.2) is 53.4 Å². The molecule has 1 amide bonds. The second-order valence-corrected chi connectivity index (χ2v) is 7.75. The Bertz CT molecular complexity index is 885. The number of nitrogens with one attached hydrogen (secondary N) is 1. The largest absolute Gasteiger partial charge is 0.497 e. The Balaban J connectivity index is 1.86. The first kappa shape index (κ1) is 16.5. The average molecular weight is 345 g/mol. The molecule has 1 N–H and O–H groups in total. The number of benzene rings is 2. The van der Waals surface area contributed by atoms with Crippen molar-refractivity contribution < 1.29 is 17.9 Å². The van der Waals surface area contributed by atoms with E-state index < -0.39 is 21.3 Å². The molecule has 1 aliphatic rings. The van der Waals surface area contributed by atoms with Gasteiger partial charge in [-0.1, -0.05) is 35.9 Å². The summed E-state index contributed by atoms with van der Waals surface area (Å²) in [6, 6.07) is 13.7. The van der Waals surface area contributed by atoms with Crippen LogP contribution in [0.4, 0.5) is 0 Å². The molecule has 126 valence electrons. The van der Waals surface area contributed by atoms with Crippen molar-refractivity contribution >= 4 is 15.9 Å². The van der Waals surface area contributed by atoms with E-state index in [9.17, 15) is 13.2 Å². The van der Waals surface area contributed by atoms with Crippen molar-refractivity contribution in [1.82, 2.24) is 4.72 Å². The van der Waals surface area contributed by atoms with Crippen molar-refractivity contribution in [2.45, 2.75) is 30.1 Å². The van der Waals surface area contributed by atoms with Gasteiger partial charge in [-0.05, 0) is 37.5 Å².